The van der Waals surface area contributed by atoms with Crippen LogP contribution in [0, 0.1) is 0 Å². The fraction of sp³-hybridized carbons (Fsp3) is 0.417. The number of carbonyl (C=O) groups is 2. The van der Waals surface area contributed by atoms with E-state index in [1.165, 1.54) is 12.1 Å². The van der Waals surface area contributed by atoms with Gasteiger partial charge in [0.2, 0.25) is 0 Å². The lowest BCUT2D eigenvalue weighted by Crippen LogP contribution is -2.41. The van der Waals surface area contributed by atoms with Crippen LogP contribution >= 0.6 is 0 Å². The molecule has 1 heterocycles. The number of alkyl halides is 3. The van der Waals surface area contributed by atoms with E-state index in [-0.39, 0.29) is 42.5 Å². The Kier molecular flexibility index (Phi) is 6.95. The van der Waals surface area contributed by atoms with Crippen molar-refractivity contribution in [3.8, 4) is 17.2 Å². The maximum absolute atomic E-state index is 12.9. The van der Waals surface area contributed by atoms with Gasteiger partial charge in [-0.1, -0.05) is 12.8 Å². The maximum Gasteiger partial charge on any atom is 0.573 e. The number of ether oxygens (including phenoxy) is 2. The van der Waals surface area contributed by atoms with Crippen LogP contribution < -0.4 is 20.1 Å². The predicted molar refractivity (Wildman–Crippen MR) is 120 cm³/mol. The molecule has 0 bridgehead atoms. The van der Waals surface area contributed by atoms with E-state index in [0.29, 0.717) is 11.3 Å². The van der Waals surface area contributed by atoms with E-state index in [1.54, 1.807) is 6.07 Å². The number of hydrogen-bond acceptors (Lipinski definition) is 6. The molecule has 4 N–H and O–H groups in total. The molecule has 0 saturated heterocycles. The lowest BCUT2D eigenvalue weighted by molar-refractivity contribution is -0.274. The molecule has 2 aromatic rings. The first-order chi connectivity index (χ1) is 16.6. The zero-order valence-corrected chi connectivity index (χ0v) is 18.7. The van der Waals surface area contributed by atoms with Crippen molar-refractivity contribution in [1.29, 1.82) is 0 Å². The number of amides is 1. The van der Waals surface area contributed by atoms with E-state index < -0.39 is 30.1 Å². The number of aryl methyl sites for hydroxylation is 1. The van der Waals surface area contributed by atoms with Gasteiger partial charge in [-0.05, 0) is 54.5 Å². The van der Waals surface area contributed by atoms with Crippen molar-refractivity contribution in [3.63, 3.8) is 0 Å². The molecule has 35 heavy (non-hydrogen) atoms. The standard InChI is InChI=1S/C24H25F3N2O6/c25-24(26,27)35-15-6-7-20-18(10-15)28-12-21(34-20)23(33)29-17-11-19(30)16(13-3-1-2-4-13)9-14(17)5-8-22(31)32/h6-7,9-11,13,21,28,30H,1-5,8,12H2,(H,29,33)(H,31,32). The van der Waals surface area contributed by atoms with E-state index >= 15 is 0 Å². The Balaban J connectivity index is 1.50. The SMILES string of the molecule is O=C(O)CCc1cc(C2CCCC2)c(O)cc1NC(=O)C1CNc2cc(OC(F)(F)F)ccc2O1. The molecule has 1 aliphatic heterocycles. The second kappa shape index (κ2) is 9.93. The van der Waals surface area contributed by atoms with Crippen LogP contribution in [0.25, 0.3) is 0 Å². The van der Waals surface area contributed by atoms with Crippen molar-refractivity contribution in [3.05, 3.63) is 41.5 Å². The number of anilines is 2. The summed E-state index contributed by atoms with van der Waals surface area (Å²) in [5.41, 5.74) is 1.89. The normalized spacial score (nSPS) is 17.7. The Bertz CT molecular complexity index is 1120. The van der Waals surface area contributed by atoms with E-state index in [1.807, 2.05) is 0 Å². The third-order valence-electron chi connectivity index (χ3n) is 6.14. The highest BCUT2D eigenvalue weighted by Crippen LogP contribution is 2.41. The van der Waals surface area contributed by atoms with Crippen LogP contribution in [0.15, 0.2) is 30.3 Å². The number of halogens is 3. The zero-order valence-electron chi connectivity index (χ0n) is 18.7. The molecule has 0 radical (unpaired) electrons. The molecule has 8 nitrogen and oxygen atoms in total. The fourth-order valence-electron chi connectivity index (χ4n) is 4.48. The third-order valence-corrected chi connectivity index (χ3v) is 6.14. The van der Waals surface area contributed by atoms with Crippen molar-refractivity contribution >= 4 is 23.3 Å². The highest BCUT2D eigenvalue weighted by molar-refractivity contribution is 5.96. The zero-order chi connectivity index (χ0) is 25.2. The van der Waals surface area contributed by atoms with E-state index in [4.69, 9.17) is 9.84 Å². The number of hydrogen-bond donors (Lipinski definition) is 4. The van der Waals surface area contributed by atoms with Crippen LogP contribution in [-0.4, -0.2) is 41.1 Å². The average Bonchev–Trinajstić information content (AvgIpc) is 3.31. The summed E-state index contributed by atoms with van der Waals surface area (Å²) in [6, 6.07) is 6.68. The average molecular weight is 494 g/mol. The number of rotatable bonds is 7. The minimum atomic E-state index is -4.83. The molecule has 0 aromatic heterocycles. The smallest absolute Gasteiger partial charge is 0.508 e. The number of aromatic hydroxyl groups is 1. The van der Waals surface area contributed by atoms with Crippen molar-refractivity contribution in [2.24, 2.45) is 0 Å². The first-order valence-corrected chi connectivity index (χ1v) is 11.3. The van der Waals surface area contributed by atoms with E-state index in [9.17, 15) is 27.9 Å². The number of nitrogens with one attached hydrogen (secondary N) is 2. The number of carboxylic acids is 1. The molecule has 2 aromatic carbocycles. The number of phenols is 1. The summed E-state index contributed by atoms with van der Waals surface area (Å²) in [7, 11) is 0. The summed E-state index contributed by atoms with van der Waals surface area (Å²) in [6.07, 6.45) is -1.82. The third kappa shape index (κ3) is 6.09. The number of carboxylic acid groups (broad SMARTS) is 1. The minimum Gasteiger partial charge on any atom is -0.508 e. The van der Waals surface area contributed by atoms with E-state index in [0.717, 1.165) is 43.4 Å². The van der Waals surface area contributed by atoms with E-state index in [2.05, 4.69) is 15.4 Å². The Morgan fingerprint density at radius 1 is 1.17 bits per heavy atom. The number of carbonyl (C=O) groups excluding carboxylic acids is 1. The first kappa shape index (κ1) is 24.5. The summed E-state index contributed by atoms with van der Waals surface area (Å²) in [6.45, 7) is -0.0229. The second-order valence-electron chi connectivity index (χ2n) is 8.63. The van der Waals surface area contributed by atoms with Gasteiger partial charge >= 0.3 is 12.3 Å². The molecule has 1 fully saturated rings. The number of fused-ring (bicyclic) bond motifs is 1. The van der Waals surface area contributed by atoms with Gasteiger partial charge in [-0.15, -0.1) is 13.2 Å². The second-order valence-corrected chi connectivity index (χ2v) is 8.63. The summed E-state index contributed by atoms with van der Waals surface area (Å²) in [5, 5.41) is 25.3. The van der Waals surface area contributed by atoms with Gasteiger partial charge in [0.05, 0.1) is 12.2 Å². The van der Waals surface area contributed by atoms with Crippen molar-refractivity contribution < 1.29 is 42.4 Å². The monoisotopic (exact) mass is 494 g/mol. The summed E-state index contributed by atoms with van der Waals surface area (Å²) < 4.78 is 46.9. The van der Waals surface area contributed by atoms with Crippen LogP contribution in [0.1, 0.15) is 49.1 Å². The Labute approximate surface area is 199 Å². The summed E-state index contributed by atoms with van der Waals surface area (Å²) >= 11 is 0. The highest BCUT2D eigenvalue weighted by Gasteiger charge is 2.32. The minimum absolute atomic E-state index is 0.0229. The predicted octanol–water partition coefficient (Wildman–Crippen LogP) is 4.78. The molecular formula is C24H25F3N2O6. The van der Waals surface area contributed by atoms with Crippen LogP contribution in [0.4, 0.5) is 24.5 Å². The summed E-state index contributed by atoms with van der Waals surface area (Å²) in [4.78, 5) is 24.1. The van der Waals surface area contributed by atoms with Gasteiger partial charge in [-0.25, -0.2) is 0 Å². The molecule has 1 atom stereocenters. The molecule has 188 valence electrons. The topological polar surface area (TPSA) is 117 Å². The molecule has 1 amide bonds. The fourth-order valence-corrected chi connectivity index (χ4v) is 4.48. The Morgan fingerprint density at radius 3 is 2.60 bits per heavy atom. The van der Waals surface area contributed by atoms with Gasteiger partial charge in [0.15, 0.2) is 6.10 Å². The molecule has 11 heteroatoms. The van der Waals surface area contributed by atoms with Gasteiger partial charge in [0.25, 0.3) is 5.91 Å². The molecule has 4 rings (SSSR count). The molecule has 1 saturated carbocycles. The van der Waals surface area contributed by atoms with Crippen molar-refractivity contribution in [2.45, 2.75) is 56.9 Å². The number of phenolic OH excluding ortho intramolecular Hbond substituents is 1. The Hall–Kier alpha value is -3.63. The van der Waals surface area contributed by atoms with Gasteiger partial charge in [0.1, 0.15) is 17.2 Å². The molecular weight excluding hydrogens is 469 g/mol. The summed E-state index contributed by atoms with van der Waals surface area (Å²) in [5.74, 6) is -1.55. The van der Waals surface area contributed by atoms with Crippen molar-refractivity contribution in [2.75, 3.05) is 17.2 Å². The number of benzene rings is 2. The lowest BCUT2D eigenvalue weighted by atomic mass is 9.92. The van der Waals surface area contributed by atoms with Gasteiger partial charge in [-0.2, -0.15) is 0 Å². The van der Waals surface area contributed by atoms with Gasteiger partial charge in [-0.3, -0.25) is 9.59 Å². The first-order valence-electron chi connectivity index (χ1n) is 11.3. The van der Waals surface area contributed by atoms with Gasteiger partial charge < -0.3 is 30.3 Å². The molecule has 0 spiro atoms. The largest absolute Gasteiger partial charge is 0.573 e. The molecule has 2 aliphatic rings. The molecule has 1 unspecified atom stereocenters. The van der Waals surface area contributed by atoms with Crippen LogP contribution in [0.2, 0.25) is 0 Å². The van der Waals surface area contributed by atoms with Crippen LogP contribution in [0.3, 0.4) is 0 Å². The molecule has 1 aliphatic carbocycles. The van der Waals surface area contributed by atoms with Crippen LogP contribution in [-0.2, 0) is 16.0 Å². The van der Waals surface area contributed by atoms with Crippen molar-refractivity contribution in [1.82, 2.24) is 0 Å². The maximum atomic E-state index is 12.9. The Morgan fingerprint density at radius 2 is 1.91 bits per heavy atom. The van der Waals surface area contributed by atoms with Gasteiger partial charge in [0, 0.05) is 24.2 Å². The quantitative estimate of drug-likeness (QED) is 0.438. The lowest BCUT2D eigenvalue weighted by Gasteiger charge is -2.27. The number of aliphatic carboxylic acids is 1. The van der Waals surface area contributed by atoms with Crippen LogP contribution in [0.5, 0.6) is 17.2 Å². The highest BCUT2D eigenvalue weighted by atomic mass is 19.4.